The molecule has 0 bridgehead atoms. The van der Waals surface area contributed by atoms with Gasteiger partial charge in [0.25, 0.3) is 0 Å². The van der Waals surface area contributed by atoms with Gasteiger partial charge in [0.15, 0.2) is 0 Å². The van der Waals surface area contributed by atoms with Gasteiger partial charge in [0.05, 0.1) is 12.7 Å². The molecular weight excluding hydrogens is 142 g/mol. The van der Waals surface area contributed by atoms with Crippen molar-refractivity contribution in [3.05, 3.63) is 0 Å². The van der Waals surface area contributed by atoms with Crippen molar-refractivity contribution in [2.75, 3.05) is 20.3 Å². The summed E-state index contributed by atoms with van der Waals surface area (Å²) >= 11 is 0. The molecule has 0 aliphatic heterocycles. The van der Waals surface area contributed by atoms with Crippen LogP contribution >= 0.6 is 0 Å². The number of nitrogens with one attached hydrogen (secondary N) is 1. The first-order chi connectivity index (χ1) is 5.16. The summed E-state index contributed by atoms with van der Waals surface area (Å²) in [6.07, 6.45) is 0.573. The zero-order valence-electron chi connectivity index (χ0n) is 7.63. The SMILES string of the molecule is COCCNC(C)CC(C)O. The van der Waals surface area contributed by atoms with Crippen LogP contribution in [0.15, 0.2) is 0 Å². The quantitative estimate of drug-likeness (QED) is 0.553. The lowest BCUT2D eigenvalue weighted by Crippen LogP contribution is -2.31. The molecule has 0 aromatic heterocycles. The van der Waals surface area contributed by atoms with Crippen LogP contribution in [0.2, 0.25) is 0 Å². The van der Waals surface area contributed by atoms with E-state index in [-0.39, 0.29) is 6.10 Å². The van der Waals surface area contributed by atoms with E-state index in [1.807, 2.05) is 0 Å². The first-order valence-electron chi connectivity index (χ1n) is 4.07. The summed E-state index contributed by atoms with van der Waals surface area (Å²) in [6, 6.07) is 0.366. The second-order valence-corrected chi connectivity index (χ2v) is 2.93. The van der Waals surface area contributed by atoms with Gasteiger partial charge in [-0.15, -0.1) is 0 Å². The zero-order chi connectivity index (χ0) is 8.69. The van der Waals surface area contributed by atoms with Crippen molar-refractivity contribution in [2.24, 2.45) is 0 Å². The average molecular weight is 161 g/mol. The summed E-state index contributed by atoms with van der Waals surface area (Å²) < 4.78 is 4.87. The van der Waals surface area contributed by atoms with E-state index in [4.69, 9.17) is 9.84 Å². The van der Waals surface area contributed by atoms with Crippen LogP contribution in [0, 0.1) is 0 Å². The Bertz CT molecular complexity index is 86.2. The third-order valence-corrected chi connectivity index (χ3v) is 1.49. The summed E-state index contributed by atoms with van der Waals surface area (Å²) in [5.41, 5.74) is 0. The molecular formula is C8H19NO2. The number of aliphatic hydroxyl groups is 1. The molecule has 2 unspecified atom stereocenters. The molecule has 0 amide bonds. The molecule has 0 spiro atoms. The van der Waals surface area contributed by atoms with Gasteiger partial charge in [-0.3, -0.25) is 0 Å². The molecule has 0 aliphatic rings. The van der Waals surface area contributed by atoms with E-state index < -0.39 is 0 Å². The number of ether oxygens (including phenoxy) is 1. The minimum Gasteiger partial charge on any atom is -0.393 e. The van der Waals surface area contributed by atoms with Crippen LogP contribution in [0.25, 0.3) is 0 Å². The Morgan fingerprint density at radius 2 is 2.09 bits per heavy atom. The van der Waals surface area contributed by atoms with Gasteiger partial charge in [-0.2, -0.15) is 0 Å². The molecule has 0 aromatic carbocycles. The van der Waals surface area contributed by atoms with Gasteiger partial charge < -0.3 is 15.2 Å². The van der Waals surface area contributed by atoms with Crippen LogP contribution in [0.4, 0.5) is 0 Å². The number of hydrogen-bond acceptors (Lipinski definition) is 3. The monoisotopic (exact) mass is 161 g/mol. The molecule has 0 fully saturated rings. The van der Waals surface area contributed by atoms with Gasteiger partial charge in [-0.05, 0) is 20.3 Å². The summed E-state index contributed by atoms with van der Waals surface area (Å²) in [6.45, 7) is 5.44. The lowest BCUT2D eigenvalue weighted by Gasteiger charge is -2.14. The molecule has 68 valence electrons. The summed E-state index contributed by atoms with van der Waals surface area (Å²) in [4.78, 5) is 0. The molecule has 3 heteroatoms. The van der Waals surface area contributed by atoms with Crippen molar-refractivity contribution in [3.8, 4) is 0 Å². The highest BCUT2D eigenvalue weighted by Crippen LogP contribution is 1.95. The highest BCUT2D eigenvalue weighted by atomic mass is 16.5. The van der Waals surface area contributed by atoms with Crippen molar-refractivity contribution < 1.29 is 9.84 Å². The third kappa shape index (κ3) is 7.78. The Labute approximate surface area is 68.8 Å². The second kappa shape index (κ2) is 6.58. The normalized spacial score (nSPS) is 16.4. The van der Waals surface area contributed by atoms with Crippen LogP contribution in [-0.2, 0) is 4.74 Å². The van der Waals surface area contributed by atoms with Crippen molar-refractivity contribution in [1.29, 1.82) is 0 Å². The van der Waals surface area contributed by atoms with Gasteiger partial charge in [-0.25, -0.2) is 0 Å². The first-order valence-corrected chi connectivity index (χ1v) is 4.07. The molecule has 0 aliphatic carbocycles. The van der Waals surface area contributed by atoms with E-state index >= 15 is 0 Å². The highest BCUT2D eigenvalue weighted by molar-refractivity contribution is 4.62. The van der Waals surface area contributed by atoms with Gasteiger partial charge >= 0.3 is 0 Å². The zero-order valence-corrected chi connectivity index (χ0v) is 7.63. The number of hydrogen-bond donors (Lipinski definition) is 2. The lowest BCUT2D eigenvalue weighted by atomic mass is 10.1. The van der Waals surface area contributed by atoms with Crippen LogP contribution in [0.3, 0.4) is 0 Å². The predicted octanol–water partition coefficient (Wildman–Crippen LogP) is 0.382. The van der Waals surface area contributed by atoms with E-state index in [9.17, 15) is 0 Å². The summed E-state index contributed by atoms with van der Waals surface area (Å²) in [7, 11) is 1.68. The Balaban J connectivity index is 3.15. The van der Waals surface area contributed by atoms with Gasteiger partial charge in [0.1, 0.15) is 0 Å². The third-order valence-electron chi connectivity index (χ3n) is 1.49. The van der Waals surface area contributed by atoms with E-state index in [2.05, 4.69) is 12.2 Å². The number of methoxy groups -OCH3 is 1. The molecule has 0 rings (SSSR count). The Morgan fingerprint density at radius 3 is 2.55 bits per heavy atom. The van der Waals surface area contributed by atoms with Gasteiger partial charge in [0, 0.05) is 19.7 Å². The molecule has 0 saturated carbocycles. The van der Waals surface area contributed by atoms with Crippen LogP contribution < -0.4 is 5.32 Å². The van der Waals surface area contributed by atoms with E-state index in [0.29, 0.717) is 6.04 Å². The number of rotatable bonds is 6. The number of aliphatic hydroxyl groups excluding tert-OH is 1. The maximum Gasteiger partial charge on any atom is 0.0587 e. The fourth-order valence-corrected chi connectivity index (χ4v) is 1.00. The fourth-order valence-electron chi connectivity index (χ4n) is 1.00. The van der Waals surface area contributed by atoms with Crippen molar-refractivity contribution in [1.82, 2.24) is 5.32 Å². The topological polar surface area (TPSA) is 41.5 Å². The van der Waals surface area contributed by atoms with E-state index in [1.54, 1.807) is 14.0 Å². The molecule has 3 nitrogen and oxygen atoms in total. The smallest absolute Gasteiger partial charge is 0.0587 e. The van der Waals surface area contributed by atoms with Crippen LogP contribution in [0.5, 0.6) is 0 Å². The molecule has 2 N–H and O–H groups in total. The van der Waals surface area contributed by atoms with Crippen molar-refractivity contribution in [2.45, 2.75) is 32.4 Å². The summed E-state index contributed by atoms with van der Waals surface area (Å²) in [5.74, 6) is 0. The van der Waals surface area contributed by atoms with Crippen LogP contribution in [0.1, 0.15) is 20.3 Å². The molecule has 0 saturated heterocycles. The first kappa shape index (κ1) is 10.9. The molecule has 0 heterocycles. The molecule has 2 atom stereocenters. The van der Waals surface area contributed by atoms with Gasteiger partial charge in [-0.1, -0.05) is 0 Å². The maximum atomic E-state index is 9.01. The predicted molar refractivity (Wildman–Crippen MR) is 45.6 cm³/mol. The van der Waals surface area contributed by atoms with Crippen LogP contribution in [-0.4, -0.2) is 37.5 Å². The Morgan fingerprint density at radius 1 is 1.45 bits per heavy atom. The standard InChI is InChI=1S/C8H19NO2/c1-7(6-8(2)10)9-4-5-11-3/h7-10H,4-6H2,1-3H3. The Kier molecular flexibility index (Phi) is 6.51. The molecule has 0 aromatic rings. The van der Waals surface area contributed by atoms with E-state index in [1.165, 1.54) is 0 Å². The average Bonchev–Trinajstić information content (AvgIpc) is 1.86. The summed E-state index contributed by atoms with van der Waals surface area (Å²) in [5, 5.41) is 12.2. The highest BCUT2D eigenvalue weighted by Gasteiger charge is 2.03. The molecule has 0 radical (unpaired) electrons. The molecule has 11 heavy (non-hydrogen) atoms. The van der Waals surface area contributed by atoms with E-state index in [0.717, 1.165) is 19.6 Å². The van der Waals surface area contributed by atoms with Gasteiger partial charge in [0.2, 0.25) is 0 Å². The largest absolute Gasteiger partial charge is 0.393 e. The fraction of sp³-hybridized carbons (Fsp3) is 1.00. The lowest BCUT2D eigenvalue weighted by molar-refractivity contribution is 0.162. The van der Waals surface area contributed by atoms with Crippen molar-refractivity contribution in [3.63, 3.8) is 0 Å². The minimum atomic E-state index is -0.222. The second-order valence-electron chi connectivity index (χ2n) is 2.93. The van der Waals surface area contributed by atoms with Crippen molar-refractivity contribution >= 4 is 0 Å². The maximum absolute atomic E-state index is 9.01. The Hall–Kier alpha value is -0.120. The minimum absolute atomic E-state index is 0.222.